The van der Waals surface area contributed by atoms with Crippen molar-refractivity contribution in [3.8, 4) is 11.5 Å². The largest absolute Gasteiger partial charge is 0.515 e. The molecule has 1 N–H and O–H groups in total. The smallest absolute Gasteiger partial charge is 0.165 e. The predicted octanol–water partition coefficient (Wildman–Crippen LogP) is 2.02. The minimum Gasteiger partial charge on any atom is -0.515 e. The van der Waals surface area contributed by atoms with Crippen LogP contribution in [-0.4, -0.2) is 43.1 Å². The lowest BCUT2D eigenvalue weighted by atomic mass is 9.85. The summed E-state index contributed by atoms with van der Waals surface area (Å²) in [6.45, 7) is 1.38. The first-order valence-electron chi connectivity index (χ1n) is 7.03. The van der Waals surface area contributed by atoms with Gasteiger partial charge in [0.25, 0.3) is 0 Å². The Morgan fingerprint density at radius 2 is 2.00 bits per heavy atom. The molecule has 3 rings (SSSR count). The number of aliphatic hydroxyl groups excluding tert-OH is 1. The van der Waals surface area contributed by atoms with E-state index in [2.05, 4.69) is 4.90 Å². The van der Waals surface area contributed by atoms with Crippen LogP contribution in [0.1, 0.15) is 23.6 Å². The molecule has 5 heteroatoms. The third-order valence-corrected chi connectivity index (χ3v) is 4.38. The van der Waals surface area contributed by atoms with E-state index < -0.39 is 0 Å². The number of methoxy groups -OCH3 is 2. The van der Waals surface area contributed by atoms with Gasteiger partial charge in [-0.3, -0.25) is 9.69 Å². The molecule has 0 saturated carbocycles. The fourth-order valence-electron chi connectivity index (χ4n) is 3.23. The number of rotatable bonds is 2. The molecular formula is C16H19NO4. The fourth-order valence-corrected chi connectivity index (χ4v) is 3.23. The molecule has 1 saturated heterocycles. The summed E-state index contributed by atoms with van der Waals surface area (Å²) in [6.07, 6.45) is 2.25. The molecule has 0 aliphatic carbocycles. The van der Waals surface area contributed by atoms with Crippen LogP contribution < -0.4 is 9.47 Å². The van der Waals surface area contributed by atoms with Gasteiger partial charge in [0.1, 0.15) is 0 Å². The molecule has 1 atom stereocenters. The lowest BCUT2D eigenvalue weighted by Gasteiger charge is -2.40. The number of hydrogen-bond donors (Lipinski definition) is 1. The van der Waals surface area contributed by atoms with Crippen molar-refractivity contribution < 1.29 is 19.4 Å². The predicted molar refractivity (Wildman–Crippen MR) is 77.9 cm³/mol. The van der Waals surface area contributed by atoms with E-state index in [1.807, 2.05) is 12.1 Å². The van der Waals surface area contributed by atoms with Crippen LogP contribution in [-0.2, 0) is 11.2 Å². The Labute approximate surface area is 123 Å². The summed E-state index contributed by atoms with van der Waals surface area (Å²) in [7, 11) is 3.24. The third kappa shape index (κ3) is 2.27. The van der Waals surface area contributed by atoms with E-state index >= 15 is 0 Å². The zero-order valence-corrected chi connectivity index (χ0v) is 12.3. The third-order valence-electron chi connectivity index (χ3n) is 4.38. The molecule has 0 amide bonds. The van der Waals surface area contributed by atoms with E-state index in [1.54, 1.807) is 14.2 Å². The number of piperidine rings is 1. The number of ketones is 1. The second kappa shape index (κ2) is 5.41. The van der Waals surface area contributed by atoms with Crippen molar-refractivity contribution in [2.45, 2.75) is 18.9 Å². The maximum absolute atomic E-state index is 12.1. The van der Waals surface area contributed by atoms with Gasteiger partial charge in [0.05, 0.1) is 20.5 Å². The van der Waals surface area contributed by atoms with Crippen molar-refractivity contribution in [1.29, 1.82) is 0 Å². The van der Waals surface area contributed by atoms with Crippen LogP contribution in [0.15, 0.2) is 24.0 Å². The van der Waals surface area contributed by atoms with E-state index in [9.17, 15) is 4.79 Å². The van der Waals surface area contributed by atoms with Gasteiger partial charge in [-0.25, -0.2) is 0 Å². The van der Waals surface area contributed by atoms with Gasteiger partial charge < -0.3 is 14.6 Å². The fraction of sp³-hybridized carbons (Fsp3) is 0.438. The standard InChI is InChI=1S/C16H19NO4/c1-20-15-5-10-3-4-17-8-11(9-18)14(19)7-13(17)12(10)6-16(15)21-2/h5-6,9,13,18H,3-4,7-8H2,1-2H3/t13-/m1/s1. The summed E-state index contributed by atoms with van der Waals surface area (Å²) in [5.74, 6) is 1.43. The molecule has 1 aromatic carbocycles. The zero-order chi connectivity index (χ0) is 15.0. The van der Waals surface area contributed by atoms with E-state index in [4.69, 9.17) is 14.6 Å². The zero-order valence-electron chi connectivity index (χ0n) is 12.3. The molecule has 21 heavy (non-hydrogen) atoms. The normalized spacial score (nSPS) is 23.6. The van der Waals surface area contributed by atoms with Crippen molar-refractivity contribution in [3.05, 3.63) is 35.1 Å². The number of aliphatic hydroxyl groups is 1. The maximum atomic E-state index is 12.1. The van der Waals surface area contributed by atoms with Crippen LogP contribution in [0.2, 0.25) is 0 Å². The lowest BCUT2D eigenvalue weighted by molar-refractivity contribution is -0.119. The molecule has 2 aliphatic heterocycles. The molecule has 1 aromatic rings. The highest BCUT2D eigenvalue weighted by Crippen LogP contribution is 2.41. The molecule has 0 spiro atoms. The monoisotopic (exact) mass is 289 g/mol. The second-order valence-electron chi connectivity index (χ2n) is 5.42. The summed E-state index contributed by atoms with van der Waals surface area (Å²) < 4.78 is 10.7. The number of nitrogens with zero attached hydrogens (tertiary/aromatic N) is 1. The molecule has 112 valence electrons. The van der Waals surface area contributed by atoms with Crippen LogP contribution >= 0.6 is 0 Å². The number of carbonyl (C=O) groups excluding carboxylic acids is 1. The highest BCUT2D eigenvalue weighted by molar-refractivity contribution is 5.96. The Hall–Kier alpha value is -2.01. The van der Waals surface area contributed by atoms with Gasteiger partial charge in [-0.2, -0.15) is 0 Å². The Bertz CT molecular complexity index is 609. The number of Topliss-reactive ketones (excluding diaryl/α,β-unsaturated/α-hetero) is 1. The SMILES string of the molecule is COc1cc2c(cc1OC)[C@H]1CC(=O)C(=CO)CN1CC2. The van der Waals surface area contributed by atoms with Crippen molar-refractivity contribution in [1.82, 2.24) is 4.90 Å². The van der Waals surface area contributed by atoms with Crippen LogP contribution in [0.5, 0.6) is 11.5 Å². The van der Waals surface area contributed by atoms with Crippen LogP contribution in [0.4, 0.5) is 0 Å². The van der Waals surface area contributed by atoms with E-state index in [0.717, 1.165) is 30.5 Å². The molecule has 5 nitrogen and oxygen atoms in total. The molecule has 2 aliphatic rings. The summed E-state index contributed by atoms with van der Waals surface area (Å²) in [4.78, 5) is 14.3. The molecule has 0 bridgehead atoms. The van der Waals surface area contributed by atoms with Gasteiger partial charge in [-0.15, -0.1) is 0 Å². The number of fused-ring (bicyclic) bond motifs is 3. The highest BCUT2D eigenvalue weighted by Gasteiger charge is 2.36. The average molecular weight is 289 g/mol. The van der Waals surface area contributed by atoms with Gasteiger partial charge in [-0.1, -0.05) is 0 Å². The van der Waals surface area contributed by atoms with Gasteiger partial charge in [0.2, 0.25) is 0 Å². The summed E-state index contributed by atoms with van der Waals surface area (Å²) in [5, 5.41) is 9.15. The minimum atomic E-state index is 0.0152. The lowest BCUT2D eigenvalue weighted by Crippen LogP contribution is -2.42. The Morgan fingerprint density at radius 1 is 1.29 bits per heavy atom. The van der Waals surface area contributed by atoms with Gasteiger partial charge in [-0.05, 0) is 29.7 Å². The molecule has 0 radical (unpaired) electrons. The van der Waals surface area contributed by atoms with Crippen LogP contribution in [0.25, 0.3) is 0 Å². The first kappa shape index (κ1) is 13.9. The van der Waals surface area contributed by atoms with Gasteiger partial charge in [0.15, 0.2) is 17.3 Å². The summed E-state index contributed by atoms with van der Waals surface area (Å²) in [6, 6.07) is 4.05. The highest BCUT2D eigenvalue weighted by atomic mass is 16.5. The number of benzene rings is 1. The molecular weight excluding hydrogens is 270 g/mol. The number of ether oxygens (including phenoxy) is 2. The first-order chi connectivity index (χ1) is 10.2. The molecule has 0 unspecified atom stereocenters. The van der Waals surface area contributed by atoms with Gasteiger partial charge in [0, 0.05) is 31.1 Å². The summed E-state index contributed by atoms with van der Waals surface area (Å²) in [5.41, 5.74) is 2.83. The minimum absolute atomic E-state index is 0.0152. The van der Waals surface area contributed by atoms with Crippen LogP contribution in [0, 0.1) is 0 Å². The molecule has 0 aromatic heterocycles. The van der Waals surface area contributed by atoms with Crippen molar-refractivity contribution in [3.63, 3.8) is 0 Å². The number of hydrogen-bond acceptors (Lipinski definition) is 5. The molecule has 2 heterocycles. The summed E-state index contributed by atoms with van der Waals surface area (Å²) >= 11 is 0. The topological polar surface area (TPSA) is 59.0 Å². The maximum Gasteiger partial charge on any atom is 0.165 e. The Kier molecular flexibility index (Phi) is 3.59. The van der Waals surface area contributed by atoms with Crippen molar-refractivity contribution in [2.24, 2.45) is 0 Å². The average Bonchev–Trinajstić information content (AvgIpc) is 2.52. The van der Waals surface area contributed by atoms with Crippen LogP contribution in [0.3, 0.4) is 0 Å². The van der Waals surface area contributed by atoms with E-state index in [0.29, 0.717) is 24.3 Å². The molecule has 1 fully saturated rings. The van der Waals surface area contributed by atoms with Crippen molar-refractivity contribution >= 4 is 5.78 Å². The van der Waals surface area contributed by atoms with E-state index in [-0.39, 0.29) is 11.8 Å². The Balaban J connectivity index is 2.01. The quantitative estimate of drug-likeness (QED) is 0.667. The number of carbonyl (C=O) groups is 1. The Morgan fingerprint density at radius 3 is 2.67 bits per heavy atom. The second-order valence-corrected chi connectivity index (χ2v) is 5.42. The van der Waals surface area contributed by atoms with Gasteiger partial charge >= 0.3 is 0 Å². The first-order valence-corrected chi connectivity index (χ1v) is 7.03. The van der Waals surface area contributed by atoms with E-state index in [1.165, 1.54) is 5.56 Å². The van der Waals surface area contributed by atoms with Crippen molar-refractivity contribution in [2.75, 3.05) is 27.3 Å².